The molecule has 4 rings (SSSR count). The highest BCUT2D eigenvalue weighted by Crippen LogP contribution is 2.32. The van der Waals surface area contributed by atoms with Gasteiger partial charge in [-0.15, -0.1) is 5.10 Å². The van der Waals surface area contributed by atoms with E-state index in [2.05, 4.69) is 10.3 Å². The van der Waals surface area contributed by atoms with Crippen molar-refractivity contribution in [3.05, 3.63) is 82.6 Å². The van der Waals surface area contributed by atoms with Gasteiger partial charge in [-0.25, -0.2) is 4.68 Å². The third kappa shape index (κ3) is 3.20. The van der Waals surface area contributed by atoms with Crippen LogP contribution in [0.5, 0.6) is 0 Å². The van der Waals surface area contributed by atoms with Crippen LogP contribution in [0.1, 0.15) is 52.1 Å². The number of carbonyl (C=O) groups is 2. The number of allylic oxidation sites excluding steroid dienone is 2. The van der Waals surface area contributed by atoms with Gasteiger partial charge in [0.1, 0.15) is 18.1 Å². The largest absolute Gasteiger partial charge is 0.467 e. The summed E-state index contributed by atoms with van der Waals surface area (Å²) in [5.74, 6) is 0.456. The molecule has 7 heteroatoms. The Labute approximate surface area is 161 Å². The lowest BCUT2D eigenvalue weighted by atomic mass is 9.82. The Kier molecular flexibility index (Phi) is 4.75. The van der Waals surface area contributed by atoms with E-state index in [0.717, 1.165) is 5.76 Å². The minimum Gasteiger partial charge on any atom is -0.467 e. The molecule has 1 aliphatic rings. The molecular weight excluding hydrogens is 358 g/mol. The molecule has 2 aromatic heterocycles. The van der Waals surface area contributed by atoms with Crippen LogP contribution in [0.25, 0.3) is 0 Å². The summed E-state index contributed by atoms with van der Waals surface area (Å²) in [7, 11) is 0. The number of fused-ring (bicyclic) bond motifs is 1. The quantitative estimate of drug-likeness (QED) is 0.653. The maximum Gasteiger partial charge on any atom is 0.192 e. The average Bonchev–Trinajstić information content (AvgIpc) is 3.38. The third-order valence-corrected chi connectivity index (χ3v) is 4.85. The van der Waals surface area contributed by atoms with Crippen LogP contribution in [-0.4, -0.2) is 26.6 Å². The zero-order chi connectivity index (χ0) is 19.7. The number of rotatable bonds is 6. The van der Waals surface area contributed by atoms with Crippen molar-refractivity contribution in [2.45, 2.75) is 33.1 Å². The first kappa shape index (κ1) is 18.1. The Hall–Kier alpha value is -3.32. The molecule has 0 amide bonds. The standard InChI is InChI=1S/C21H19N3O4/c1-13-19(21(26)18-8-4-3-7-17(18)20(13)25)14(2)24-10-15(22-23-24)11-27-12-16-6-5-9-28-16/h3-10,14H,11-12H2,1-2H3. The lowest BCUT2D eigenvalue weighted by Crippen LogP contribution is -2.26. The molecule has 0 fully saturated rings. The smallest absolute Gasteiger partial charge is 0.192 e. The molecule has 142 valence electrons. The van der Waals surface area contributed by atoms with Crippen LogP contribution in [-0.2, 0) is 18.0 Å². The minimum absolute atomic E-state index is 0.126. The Balaban J connectivity index is 1.52. The Morgan fingerprint density at radius 3 is 2.54 bits per heavy atom. The van der Waals surface area contributed by atoms with Crippen LogP contribution in [0.4, 0.5) is 0 Å². The highest BCUT2D eigenvalue weighted by atomic mass is 16.5. The number of aromatic nitrogens is 3. The van der Waals surface area contributed by atoms with Crippen molar-refractivity contribution in [2.24, 2.45) is 0 Å². The van der Waals surface area contributed by atoms with Crippen molar-refractivity contribution in [1.82, 2.24) is 15.0 Å². The molecule has 0 N–H and O–H groups in total. The number of benzene rings is 1. The van der Waals surface area contributed by atoms with Gasteiger partial charge in [0.15, 0.2) is 11.6 Å². The molecule has 0 aliphatic heterocycles. The van der Waals surface area contributed by atoms with Gasteiger partial charge in [0, 0.05) is 22.3 Å². The first-order chi connectivity index (χ1) is 13.6. The predicted molar refractivity (Wildman–Crippen MR) is 99.7 cm³/mol. The summed E-state index contributed by atoms with van der Waals surface area (Å²) in [6.07, 6.45) is 3.32. The zero-order valence-corrected chi connectivity index (χ0v) is 15.6. The maximum absolute atomic E-state index is 13.0. The number of nitrogens with zero attached hydrogens (tertiary/aromatic N) is 3. The van der Waals surface area contributed by atoms with Crippen LogP contribution >= 0.6 is 0 Å². The van der Waals surface area contributed by atoms with E-state index in [4.69, 9.17) is 9.15 Å². The van der Waals surface area contributed by atoms with E-state index in [9.17, 15) is 9.59 Å². The molecular formula is C21H19N3O4. The van der Waals surface area contributed by atoms with Crippen molar-refractivity contribution in [3.8, 4) is 0 Å². The van der Waals surface area contributed by atoms with Gasteiger partial charge in [-0.05, 0) is 26.0 Å². The number of hydrogen-bond acceptors (Lipinski definition) is 6. The highest BCUT2D eigenvalue weighted by Gasteiger charge is 2.33. The van der Waals surface area contributed by atoms with E-state index >= 15 is 0 Å². The fourth-order valence-corrected chi connectivity index (χ4v) is 3.37. The number of carbonyl (C=O) groups excluding carboxylic acids is 2. The average molecular weight is 377 g/mol. The summed E-state index contributed by atoms with van der Waals surface area (Å²) in [5, 5.41) is 8.23. The molecule has 7 nitrogen and oxygen atoms in total. The molecule has 0 spiro atoms. The van der Waals surface area contributed by atoms with E-state index in [1.807, 2.05) is 13.0 Å². The van der Waals surface area contributed by atoms with Crippen LogP contribution in [0, 0.1) is 0 Å². The van der Waals surface area contributed by atoms with E-state index in [0.29, 0.717) is 34.6 Å². The number of furan rings is 1. The number of Topliss-reactive ketones (excluding diaryl/α,β-unsaturated/α-hetero) is 2. The number of hydrogen-bond donors (Lipinski definition) is 0. The molecule has 0 bridgehead atoms. The molecule has 1 unspecified atom stereocenters. The van der Waals surface area contributed by atoms with Crippen LogP contribution in [0.15, 0.2) is 64.4 Å². The van der Waals surface area contributed by atoms with E-state index in [-0.39, 0.29) is 18.2 Å². The first-order valence-electron chi connectivity index (χ1n) is 8.96. The normalized spacial score (nSPS) is 15.1. The topological polar surface area (TPSA) is 87.2 Å². The Bertz CT molecular complexity index is 1060. The van der Waals surface area contributed by atoms with E-state index in [1.165, 1.54) is 0 Å². The Morgan fingerprint density at radius 2 is 1.82 bits per heavy atom. The summed E-state index contributed by atoms with van der Waals surface area (Å²) in [6.45, 7) is 4.12. The molecule has 0 radical (unpaired) electrons. The van der Waals surface area contributed by atoms with Gasteiger partial charge in [0.2, 0.25) is 0 Å². The highest BCUT2D eigenvalue weighted by molar-refractivity contribution is 6.26. The summed E-state index contributed by atoms with van der Waals surface area (Å²) in [5.41, 5.74) is 2.40. The van der Waals surface area contributed by atoms with E-state index in [1.54, 1.807) is 54.4 Å². The summed E-state index contributed by atoms with van der Waals surface area (Å²) >= 11 is 0. The van der Waals surface area contributed by atoms with Gasteiger partial charge in [-0.3, -0.25) is 9.59 Å². The fraction of sp³-hybridized carbons (Fsp3) is 0.238. The molecule has 2 heterocycles. The van der Waals surface area contributed by atoms with Gasteiger partial charge in [-0.1, -0.05) is 29.5 Å². The Morgan fingerprint density at radius 1 is 1.07 bits per heavy atom. The first-order valence-corrected chi connectivity index (χ1v) is 8.96. The van der Waals surface area contributed by atoms with Gasteiger partial charge in [0.05, 0.1) is 25.1 Å². The van der Waals surface area contributed by atoms with Crippen LogP contribution in [0.3, 0.4) is 0 Å². The summed E-state index contributed by atoms with van der Waals surface area (Å²) in [4.78, 5) is 25.7. The SMILES string of the molecule is CC1=C(C(C)n2cc(COCc3ccco3)nn2)C(=O)c2ccccc2C1=O. The molecule has 1 atom stereocenters. The molecule has 1 aliphatic carbocycles. The van der Waals surface area contributed by atoms with Crippen molar-refractivity contribution < 1.29 is 18.7 Å². The maximum atomic E-state index is 13.0. The second-order valence-corrected chi connectivity index (χ2v) is 6.68. The molecule has 0 saturated heterocycles. The van der Waals surface area contributed by atoms with Gasteiger partial charge >= 0.3 is 0 Å². The van der Waals surface area contributed by atoms with Crippen molar-refractivity contribution in [2.75, 3.05) is 0 Å². The lowest BCUT2D eigenvalue weighted by molar-refractivity contribution is 0.0905. The second kappa shape index (κ2) is 7.36. The third-order valence-electron chi connectivity index (χ3n) is 4.85. The van der Waals surface area contributed by atoms with Crippen LogP contribution < -0.4 is 0 Å². The number of ether oxygens (including phenoxy) is 1. The van der Waals surface area contributed by atoms with Gasteiger partial charge in [0.25, 0.3) is 0 Å². The van der Waals surface area contributed by atoms with E-state index < -0.39 is 6.04 Å². The van der Waals surface area contributed by atoms with Gasteiger partial charge < -0.3 is 9.15 Å². The fourth-order valence-electron chi connectivity index (χ4n) is 3.37. The molecule has 1 aromatic carbocycles. The monoisotopic (exact) mass is 377 g/mol. The lowest BCUT2D eigenvalue weighted by Gasteiger charge is -2.23. The molecule has 28 heavy (non-hydrogen) atoms. The van der Waals surface area contributed by atoms with Crippen molar-refractivity contribution >= 4 is 11.6 Å². The van der Waals surface area contributed by atoms with Gasteiger partial charge in [-0.2, -0.15) is 0 Å². The molecule has 0 saturated carbocycles. The van der Waals surface area contributed by atoms with Crippen LogP contribution in [0.2, 0.25) is 0 Å². The van der Waals surface area contributed by atoms with Crippen molar-refractivity contribution in [3.63, 3.8) is 0 Å². The zero-order valence-electron chi connectivity index (χ0n) is 15.6. The minimum atomic E-state index is -0.420. The number of ketones is 2. The summed E-state index contributed by atoms with van der Waals surface area (Å²) < 4.78 is 12.4. The van der Waals surface area contributed by atoms with Crippen molar-refractivity contribution in [1.29, 1.82) is 0 Å². The summed E-state index contributed by atoms with van der Waals surface area (Å²) in [6, 6.07) is 10.1. The second-order valence-electron chi connectivity index (χ2n) is 6.68. The molecule has 3 aromatic rings. The predicted octanol–water partition coefficient (Wildman–Crippen LogP) is 3.54.